The summed E-state index contributed by atoms with van der Waals surface area (Å²) in [5, 5.41) is 40.8. The molecule has 0 radical (unpaired) electrons. The SMILES string of the molecule is CC(NC(=O)CCCCCOP(=O)(O)OP(=O)(O)OC[C@H]1O[C@@H](n2ccc(=O)[nH]c2=O)[C@H](O)[C@@H]1O)[P+](=O)CC(CCC(=O)O)C(=O)O. The molecule has 24 heteroatoms. The van der Waals surface area contributed by atoms with Gasteiger partial charge in [-0.2, -0.15) is 4.31 Å². The summed E-state index contributed by atoms with van der Waals surface area (Å²) in [6.45, 7) is 0.0281. The maximum Gasteiger partial charge on any atom is 0.481 e. The minimum absolute atomic E-state index is 0.0522. The number of phosphoric ester groups is 2. The number of carboxylic acid groups (broad SMARTS) is 2. The number of carbonyl (C=O) groups excluding carboxylic acids is 1. The van der Waals surface area contributed by atoms with Crippen molar-refractivity contribution in [2.45, 2.75) is 75.8 Å². The summed E-state index contributed by atoms with van der Waals surface area (Å²) < 4.78 is 56.2. The number of carboxylic acids is 2. The lowest BCUT2D eigenvalue weighted by Crippen LogP contribution is -2.37. The first-order valence-electron chi connectivity index (χ1n) is 14.0. The molecule has 0 aromatic carbocycles. The van der Waals surface area contributed by atoms with Gasteiger partial charge in [-0.05, 0) is 19.3 Å². The van der Waals surface area contributed by atoms with E-state index in [9.17, 15) is 62.8 Å². The first-order chi connectivity index (χ1) is 21.8. The first kappa shape index (κ1) is 40.5. The second-order valence-corrected chi connectivity index (χ2v) is 15.4. The third-order valence-electron chi connectivity index (χ3n) is 6.63. The number of aliphatic carboxylic acids is 2. The van der Waals surface area contributed by atoms with E-state index in [-0.39, 0.29) is 38.3 Å². The molecule has 1 aromatic rings. The molecule has 0 spiro atoms. The van der Waals surface area contributed by atoms with Crippen LogP contribution in [0.3, 0.4) is 0 Å². The Morgan fingerprint density at radius 1 is 1.06 bits per heavy atom. The predicted molar refractivity (Wildman–Crippen MR) is 156 cm³/mol. The van der Waals surface area contributed by atoms with Crippen molar-refractivity contribution in [3.63, 3.8) is 0 Å². The van der Waals surface area contributed by atoms with Gasteiger partial charge in [0, 0.05) is 32.0 Å². The van der Waals surface area contributed by atoms with Crippen LogP contribution in [0.25, 0.3) is 0 Å². The molecule has 0 bridgehead atoms. The number of amides is 1. The van der Waals surface area contributed by atoms with Crippen LogP contribution in [0.1, 0.15) is 51.7 Å². The fourth-order valence-electron chi connectivity index (χ4n) is 4.16. The molecule has 2 heterocycles. The van der Waals surface area contributed by atoms with E-state index in [0.717, 1.165) is 16.8 Å². The molecule has 0 aliphatic carbocycles. The molecule has 8 N–H and O–H groups in total. The highest BCUT2D eigenvalue weighted by Crippen LogP contribution is 2.60. The van der Waals surface area contributed by atoms with Gasteiger partial charge in [-0.1, -0.05) is 11.0 Å². The minimum atomic E-state index is -5.30. The fourth-order valence-corrected chi connectivity index (χ4v) is 7.65. The zero-order valence-electron chi connectivity index (χ0n) is 24.9. The van der Waals surface area contributed by atoms with Crippen molar-refractivity contribution in [3.8, 4) is 0 Å². The summed E-state index contributed by atoms with van der Waals surface area (Å²) in [6, 6.07) is 0.948. The lowest BCUT2D eigenvalue weighted by atomic mass is 10.1. The largest absolute Gasteiger partial charge is 0.481 e. The van der Waals surface area contributed by atoms with Crippen LogP contribution in [-0.4, -0.2) is 101 Å². The molecule has 0 saturated carbocycles. The lowest BCUT2D eigenvalue weighted by Gasteiger charge is -2.19. The smallest absolute Gasteiger partial charge is 0.481 e. The maximum absolute atomic E-state index is 12.4. The van der Waals surface area contributed by atoms with Crippen LogP contribution in [-0.2, 0) is 46.2 Å². The second-order valence-electron chi connectivity index (χ2n) is 10.3. The summed E-state index contributed by atoms with van der Waals surface area (Å²) in [4.78, 5) is 78.8. The molecular formula is C23H37N3O18P3+. The van der Waals surface area contributed by atoms with Gasteiger partial charge in [-0.25, -0.2) is 13.9 Å². The van der Waals surface area contributed by atoms with Gasteiger partial charge >= 0.3 is 41.1 Å². The molecule has 1 aromatic heterocycles. The quantitative estimate of drug-likeness (QED) is 0.0599. The van der Waals surface area contributed by atoms with Gasteiger partial charge < -0.3 is 40.3 Å². The van der Waals surface area contributed by atoms with E-state index in [1.54, 1.807) is 0 Å². The van der Waals surface area contributed by atoms with Crippen LogP contribution in [0.15, 0.2) is 21.9 Å². The zero-order chi connectivity index (χ0) is 35.5. The van der Waals surface area contributed by atoms with E-state index in [2.05, 4.69) is 18.7 Å². The van der Waals surface area contributed by atoms with Gasteiger partial charge in [0.05, 0.1) is 13.2 Å². The summed E-state index contributed by atoms with van der Waals surface area (Å²) in [7, 11) is -12.7. The van der Waals surface area contributed by atoms with E-state index < -0.39 is 108 Å². The molecule has 2 rings (SSSR count). The maximum atomic E-state index is 12.4. The average Bonchev–Trinajstić information content (AvgIpc) is 3.23. The van der Waals surface area contributed by atoms with Gasteiger partial charge in [0.15, 0.2) is 12.4 Å². The number of nitrogens with zero attached hydrogens (tertiary/aromatic N) is 1. The van der Waals surface area contributed by atoms with Gasteiger partial charge in [-0.15, -0.1) is 0 Å². The number of phosphoric acid groups is 2. The fraction of sp³-hybridized carbons (Fsp3) is 0.696. The number of rotatable bonds is 21. The Hall–Kier alpha value is -2.67. The van der Waals surface area contributed by atoms with Crippen LogP contribution in [0.2, 0.25) is 0 Å². The van der Waals surface area contributed by atoms with E-state index in [0.29, 0.717) is 0 Å². The van der Waals surface area contributed by atoms with E-state index in [1.807, 2.05) is 4.98 Å². The lowest BCUT2D eigenvalue weighted by molar-refractivity contribution is -0.142. The van der Waals surface area contributed by atoms with Crippen molar-refractivity contribution in [3.05, 3.63) is 33.1 Å². The molecule has 1 aliphatic rings. The normalized spacial score (nSPS) is 23.6. The highest BCUT2D eigenvalue weighted by Gasteiger charge is 2.46. The zero-order valence-corrected chi connectivity index (χ0v) is 27.5. The Balaban J connectivity index is 1.70. The van der Waals surface area contributed by atoms with Crippen molar-refractivity contribution in [1.82, 2.24) is 14.9 Å². The second kappa shape index (κ2) is 18.2. The number of aromatic amines is 1. The van der Waals surface area contributed by atoms with E-state index in [1.165, 1.54) is 6.92 Å². The minimum Gasteiger partial charge on any atom is -0.481 e. The number of unbranched alkanes of at least 4 members (excludes halogenated alkanes) is 2. The van der Waals surface area contributed by atoms with Crippen LogP contribution in [0.5, 0.6) is 0 Å². The Kier molecular flexibility index (Phi) is 15.7. The molecule has 9 atom stereocenters. The van der Waals surface area contributed by atoms with Crippen LogP contribution in [0.4, 0.5) is 0 Å². The number of H-pyrrole nitrogens is 1. The van der Waals surface area contributed by atoms with Crippen LogP contribution >= 0.6 is 23.4 Å². The van der Waals surface area contributed by atoms with E-state index in [4.69, 9.17) is 9.84 Å². The standard InChI is InChI=1S/C23H36N3O18P3/c1-13(45(36)12-14(22(33)34)6-7-18(29)30)24-16(27)5-3-2-4-10-41-46(37,38)44-47(39,40)42-11-15-19(31)20(32)21(43-15)26-9-8-17(28)25-23(26)35/h8-9,13-15,19-21,31-32H,2-7,10-12H2,1H3,(H5-,24,25,27,28,29,30,33,34,35,37,38,39,40)/p+1/t13?,14?,15-,19-,20-,21-/m1/s1. The van der Waals surface area contributed by atoms with E-state index >= 15 is 0 Å². The molecule has 1 saturated heterocycles. The van der Waals surface area contributed by atoms with Gasteiger partial charge in [0.25, 0.3) is 5.56 Å². The number of carbonyl (C=O) groups is 3. The van der Waals surface area contributed by atoms with Crippen molar-refractivity contribution in [1.29, 1.82) is 0 Å². The van der Waals surface area contributed by atoms with Crippen molar-refractivity contribution < 1.29 is 76.4 Å². The van der Waals surface area contributed by atoms with Crippen LogP contribution in [0, 0.1) is 5.92 Å². The summed E-state index contributed by atoms with van der Waals surface area (Å²) >= 11 is 0. The number of hydrogen-bond donors (Lipinski definition) is 8. The number of nitrogens with one attached hydrogen (secondary N) is 2. The average molecular weight is 736 g/mol. The Morgan fingerprint density at radius 2 is 1.72 bits per heavy atom. The number of aliphatic hydroxyl groups excluding tert-OH is 2. The van der Waals surface area contributed by atoms with Gasteiger partial charge in [0.1, 0.15) is 24.2 Å². The summed E-state index contributed by atoms with van der Waals surface area (Å²) in [5.41, 5.74) is -1.71. The third-order valence-corrected chi connectivity index (χ3v) is 11.1. The predicted octanol–water partition coefficient (Wildman–Crippen LogP) is -0.178. The molecular weight excluding hydrogens is 699 g/mol. The van der Waals surface area contributed by atoms with Crippen molar-refractivity contribution in [2.24, 2.45) is 5.92 Å². The topological polar surface area (TPSA) is 328 Å². The molecule has 1 aliphatic heterocycles. The molecule has 21 nitrogen and oxygen atoms in total. The Bertz CT molecular complexity index is 1480. The van der Waals surface area contributed by atoms with Gasteiger partial charge in [-0.3, -0.25) is 37.8 Å². The number of aromatic nitrogens is 2. The highest BCUT2D eigenvalue weighted by molar-refractivity contribution is 7.61. The molecule has 266 valence electrons. The van der Waals surface area contributed by atoms with Crippen LogP contribution < -0.4 is 16.6 Å². The Labute approximate surface area is 266 Å². The number of aliphatic hydroxyl groups is 2. The third kappa shape index (κ3) is 13.8. The van der Waals surface area contributed by atoms with Gasteiger partial charge in [0.2, 0.25) is 11.7 Å². The van der Waals surface area contributed by atoms with Crippen molar-refractivity contribution >= 4 is 41.3 Å². The molecule has 5 unspecified atom stereocenters. The monoisotopic (exact) mass is 736 g/mol. The molecule has 47 heavy (non-hydrogen) atoms. The summed E-state index contributed by atoms with van der Waals surface area (Å²) in [6.07, 6.45) is -5.88. The number of hydrogen-bond acceptors (Lipinski definition) is 14. The summed E-state index contributed by atoms with van der Waals surface area (Å²) in [5.74, 6) is -5.01. The molecule has 1 fully saturated rings. The Morgan fingerprint density at radius 3 is 2.34 bits per heavy atom. The van der Waals surface area contributed by atoms with Crippen molar-refractivity contribution in [2.75, 3.05) is 19.4 Å². The number of ether oxygens (including phenoxy) is 1. The highest BCUT2D eigenvalue weighted by atomic mass is 31.3. The first-order valence-corrected chi connectivity index (χ1v) is 18.5. The molecule has 1 amide bonds.